The molecule has 0 saturated heterocycles. The van der Waals surface area contributed by atoms with E-state index in [0.29, 0.717) is 16.9 Å². The number of ketones is 1. The van der Waals surface area contributed by atoms with Crippen LogP contribution in [0.1, 0.15) is 43.6 Å². The Morgan fingerprint density at radius 1 is 0.960 bits per heavy atom. The number of nitrogens with one attached hydrogen (secondary N) is 1. The maximum atomic E-state index is 12.9. The molecule has 132 valence electrons. The largest absolute Gasteiger partial charge is 0.481 e. The first kappa shape index (κ1) is 18.6. The Morgan fingerprint density at radius 3 is 1.92 bits per heavy atom. The van der Waals surface area contributed by atoms with Gasteiger partial charge < -0.3 is 10.1 Å². The van der Waals surface area contributed by atoms with Crippen LogP contribution in [0.15, 0.2) is 48.5 Å². The van der Waals surface area contributed by atoms with Crippen molar-refractivity contribution in [1.29, 1.82) is 0 Å². The van der Waals surface area contributed by atoms with Crippen LogP contribution in [0.5, 0.6) is 5.75 Å². The van der Waals surface area contributed by atoms with E-state index in [1.807, 2.05) is 20.8 Å². The molecule has 1 unspecified atom stereocenters. The summed E-state index contributed by atoms with van der Waals surface area (Å²) >= 11 is 0. The molecule has 4 nitrogen and oxygen atoms in total. The van der Waals surface area contributed by atoms with Gasteiger partial charge in [-0.3, -0.25) is 9.59 Å². The van der Waals surface area contributed by atoms with Crippen molar-refractivity contribution in [3.8, 4) is 5.75 Å². The van der Waals surface area contributed by atoms with E-state index in [9.17, 15) is 14.0 Å². The fourth-order valence-electron chi connectivity index (χ4n) is 2.18. The van der Waals surface area contributed by atoms with Gasteiger partial charge in [-0.1, -0.05) is 0 Å². The molecular formula is C20H22FNO3. The molecule has 2 rings (SSSR count). The van der Waals surface area contributed by atoms with E-state index in [1.54, 1.807) is 31.2 Å². The van der Waals surface area contributed by atoms with Gasteiger partial charge in [0.2, 0.25) is 0 Å². The molecule has 0 fully saturated rings. The van der Waals surface area contributed by atoms with Crippen LogP contribution in [0.2, 0.25) is 0 Å². The number of hydrogen-bond acceptors (Lipinski definition) is 3. The van der Waals surface area contributed by atoms with Crippen LogP contribution < -0.4 is 10.1 Å². The Morgan fingerprint density at radius 2 is 1.44 bits per heavy atom. The van der Waals surface area contributed by atoms with Crippen LogP contribution in [0.4, 0.5) is 4.39 Å². The Hall–Kier alpha value is -2.69. The maximum Gasteiger partial charge on any atom is 0.261 e. The van der Waals surface area contributed by atoms with Crippen LogP contribution in [0, 0.1) is 5.82 Å². The molecule has 1 N–H and O–H groups in total. The van der Waals surface area contributed by atoms with Gasteiger partial charge in [0.1, 0.15) is 11.6 Å². The van der Waals surface area contributed by atoms with Crippen LogP contribution in [-0.2, 0) is 4.79 Å². The summed E-state index contributed by atoms with van der Waals surface area (Å²) in [6.07, 6.45) is -0.655. The number of ether oxygens (including phenoxy) is 1. The molecule has 5 heteroatoms. The lowest BCUT2D eigenvalue weighted by atomic mass is 10.0. The first-order valence-corrected chi connectivity index (χ1v) is 8.05. The molecule has 0 aliphatic rings. The standard InChI is InChI=1S/C20H22FNO3/c1-13(19(24)22-20(2,3)4)25-17-11-7-15(8-12-17)18(23)14-5-9-16(21)10-6-14/h5-13H,1-4H3,(H,22,24). The molecule has 0 bridgehead atoms. The number of amides is 1. The van der Waals surface area contributed by atoms with Crippen molar-refractivity contribution in [3.63, 3.8) is 0 Å². The highest BCUT2D eigenvalue weighted by Gasteiger charge is 2.20. The molecule has 2 aromatic rings. The van der Waals surface area contributed by atoms with Crippen LogP contribution >= 0.6 is 0 Å². The summed E-state index contributed by atoms with van der Waals surface area (Å²) in [6.45, 7) is 7.35. The van der Waals surface area contributed by atoms with Gasteiger partial charge in [-0.2, -0.15) is 0 Å². The third kappa shape index (κ3) is 5.41. The minimum Gasteiger partial charge on any atom is -0.481 e. The summed E-state index contributed by atoms with van der Waals surface area (Å²) in [5.74, 6) is -0.306. The number of carbonyl (C=O) groups excluding carboxylic acids is 2. The molecule has 0 aromatic heterocycles. The summed E-state index contributed by atoms with van der Waals surface area (Å²) in [7, 11) is 0. The van der Waals surface area contributed by atoms with Gasteiger partial charge >= 0.3 is 0 Å². The molecular weight excluding hydrogens is 321 g/mol. The molecule has 0 radical (unpaired) electrons. The predicted molar refractivity (Wildman–Crippen MR) is 94.3 cm³/mol. The lowest BCUT2D eigenvalue weighted by molar-refractivity contribution is -0.128. The van der Waals surface area contributed by atoms with Gasteiger partial charge in [0.25, 0.3) is 5.91 Å². The number of benzene rings is 2. The van der Waals surface area contributed by atoms with Gasteiger partial charge in [-0.15, -0.1) is 0 Å². The van der Waals surface area contributed by atoms with Gasteiger partial charge in [0, 0.05) is 16.7 Å². The highest BCUT2D eigenvalue weighted by atomic mass is 19.1. The normalized spacial score (nSPS) is 12.4. The zero-order valence-corrected chi connectivity index (χ0v) is 14.8. The van der Waals surface area contributed by atoms with Crippen molar-refractivity contribution in [2.75, 3.05) is 0 Å². The SMILES string of the molecule is CC(Oc1ccc(C(=O)c2ccc(F)cc2)cc1)C(=O)NC(C)(C)C. The first-order valence-electron chi connectivity index (χ1n) is 8.05. The van der Waals surface area contributed by atoms with Crippen molar-refractivity contribution >= 4 is 11.7 Å². The van der Waals surface area contributed by atoms with Gasteiger partial charge in [0.05, 0.1) is 0 Å². The molecule has 25 heavy (non-hydrogen) atoms. The Balaban J connectivity index is 2.03. The molecule has 0 spiro atoms. The summed E-state index contributed by atoms with van der Waals surface area (Å²) < 4.78 is 18.5. The van der Waals surface area contributed by atoms with E-state index < -0.39 is 6.10 Å². The van der Waals surface area contributed by atoms with Crippen LogP contribution in [-0.4, -0.2) is 23.3 Å². The fourth-order valence-corrected chi connectivity index (χ4v) is 2.18. The third-order valence-electron chi connectivity index (χ3n) is 3.40. The molecule has 0 aliphatic carbocycles. The lowest BCUT2D eigenvalue weighted by Crippen LogP contribution is -2.46. The van der Waals surface area contributed by atoms with Crippen LogP contribution in [0.3, 0.4) is 0 Å². The number of hydrogen-bond donors (Lipinski definition) is 1. The molecule has 1 amide bonds. The third-order valence-corrected chi connectivity index (χ3v) is 3.40. The van der Waals surface area contributed by atoms with Crippen molar-refractivity contribution < 1.29 is 18.7 Å². The van der Waals surface area contributed by atoms with Crippen molar-refractivity contribution in [2.24, 2.45) is 0 Å². The second-order valence-corrected chi connectivity index (χ2v) is 6.86. The zero-order chi connectivity index (χ0) is 18.6. The van der Waals surface area contributed by atoms with Crippen molar-refractivity contribution in [2.45, 2.75) is 39.3 Å². The second-order valence-electron chi connectivity index (χ2n) is 6.86. The number of halogens is 1. The van der Waals surface area contributed by atoms with Crippen molar-refractivity contribution in [3.05, 3.63) is 65.5 Å². The minimum atomic E-state index is -0.655. The monoisotopic (exact) mass is 343 g/mol. The fraction of sp³-hybridized carbons (Fsp3) is 0.300. The lowest BCUT2D eigenvalue weighted by Gasteiger charge is -2.23. The quantitative estimate of drug-likeness (QED) is 0.842. The zero-order valence-electron chi connectivity index (χ0n) is 14.8. The van der Waals surface area contributed by atoms with E-state index in [1.165, 1.54) is 24.3 Å². The van der Waals surface area contributed by atoms with Crippen molar-refractivity contribution in [1.82, 2.24) is 5.32 Å². The summed E-state index contributed by atoms with van der Waals surface area (Å²) in [5, 5.41) is 2.85. The highest BCUT2D eigenvalue weighted by molar-refractivity contribution is 6.09. The molecule has 0 aliphatic heterocycles. The summed E-state index contributed by atoms with van der Waals surface area (Å²) in [4.78, 5) is 24.4. The average Bonchev–Trinajstić information content (AvgIpc) is 2.54. The summed E-state index contributed by atoms with van der Waals surface area (Å²) in [6, 6.07) is 11.9. The van der Waals surface area contributed by atoms with E-state index in [0.717, 1.165) is 0 Å². The highest BCUT2D eigenvalue weighted by Crippen LogP contribution is 2.17. The smallest absolute Gasteiger partial charge is 0.261 e. The van der Waals surface area contributed by atoms with E-state index in [-0.39, 0.29) is 23.0 Å². The first-order chi connectivity index (χ1) is 11.7. The van der Waals surface area contributed by atoms with Gasteiger partial charge in [0.15, 0.2) is 11.9 Å². The number of rotatable bonds is 5. The Labute approximate surface area is 147 Å². The minimum absolute atomic E-state index is 0.204. The number of carbonyl (C=O) groups is 2. The topological polar surface area (TPSA) is 55.4 Å². The van der Waals surface area contributed by atoms with E-state index in [2.05, 4.69) is 5.32 Å². The Bertz CT molecular complexity index is 746. The van der Waals surface area contributed by atoms with Gasteiger partial charge in [-0.05, 0) is 76.2 Å². The van der Waals surface area contributed by atoms with E-state index >= 15 is 0 Å². The average molecular weight is 343 g/mol. The van der Waals surface area contributed by atoms with E-state index in [4.69, 9.17) is 4.74 Å². The molecule has 1 atom stereocenters. The second kappa shape index (κ2) is 7.47. The van der Waals surface area contributed by atoms with Crippen LogP contribution in [0.25, 0.3) is 0 Å². The Kier molecular flexibility index (Phi) is 5.57. The molecule has 2 aromatic carbocycles. The molecule has 0 saturated carbocycles. The summed E-state index contributed by atoms with van der Waals surface area (Å²) in [5.41, 5.74) is 0.541. The predicted octanol–water partition coefficient (Wildman–Crippen LogP) is 3.74. The molecule has 0 heterocycles. The van der Waals surface area contributed by atoms with Gasteiger partial charge in [-0.25, -0.2) is 4.39 Å². The maximum absolute atomic E-state index is 12.9.